The number of aryl methyl sites for hydroxylation is 1. The minimum atomic E-state index is 0.0656. The van der Waals surface area contributed by atoms with E-state index in [0.717, 1.165) is 16.8 Å². The third-order valence-electron chi connectivity index (χ3n) is 3.28. The number of pyridine rings is 1. The highest BCUT2D eigenvalue weighted by atomic mass is 79.9. The number of hydrogen-bond donors (Lipinski definition) is 1. The van der Waals surface area contributed by atoms with Crippen LogP contribution in [0.4, 0.5) is 5.69 Å². The highest BCUT2D eigenvalue weighted by molar-refractivity contribution is 9.12. The van der Waals surface area contributed by atoms with Gasteiger partial charge in [-0.05, 0) is 45.7 Å². The van der Waals surface area contributed by atoms with E-state index in [0.29, 0.717) is 34.2 Å². The first-order valence-electron chi connectivity index (χ1n) is 6.02. The average Bonchev–Trinajstić information content (AvgIpc) is 2.87. The molecule has 1 aliphatic carbocycles. The highest BCUT2D eigenvalue weighted by Gasteiger charge is 2.18. The quantitative estimate of drug-likeness (QED) is 0.904. The van der Waals surface area contributed by atoms with E-state index in [1.165, 1.54) is 0 Å². The first-order valence-corrected chi connectivity index (χ1v) is 6.81. The first-order chi connectivity index (χ1) is 9.56. The number of allylic oxidation sites excluding steroid dienone is 4. The Morgan fingerprint density at radius 2 is 2.20 bits per heavy atom. The maximum Gasteiger partial charge on any atom is 0.226 e. The lowest BCUT2D eigenvalue weighted by atomic mass is 9.95. The fourth-order valence-electron chi connectivity index (χ4n) is 2.20. The van der Waals surface area contributed by atoms with Crippen molar-refractivity contribution >= 4 is 38.6 Å². The summed E-state index contributed by atoms with van der Waals surface area (Å²) in [5.74, 6) is 0.0656. The lowest BCUT2D eigenvalue weighted by molar-refractivity contribution is -0.114. The molecule has 2 N–H and O–H groups in total. The van der Waals surface area contributed by atoms with Crippen molar-refractivity contribution in [2.24, 2.45) is 0 Å². The molecule has 6 nitrogen and oxygen atoms in total. The van der Waals surface area contributed by atoms with Crippen LogP contribution in [0.1, 0.15) is 17.7 Å². The van der Waals surface area contributed by atoms with Gasteiger partial charge >= 0.3 is 0 Å². The van der Waals surface area contributed by atoms with Gasteiger partial charge in [-0.15, -0.1) is 0 Å². The second-order valence-electron chi connectivity index (χ2n) is 4.64. The van der Waals surface area contributed by atoms with Gasteiger partial charge in [0, 0.05) is 17.7 Å². The number of anilines is 1. The smallest absolute Gasteiger partial charge is 0.226 e. The monoisotopic (exact) mass is 334 g/mol. The first kappa shape index (κ1) is 13.0. The molecular formula is C13H11BrN4O2. The van der Waals surface area contributed by atoms with Crippen molar-refractivity contribution in [2.75, 3.05) is 5.73 Å². The largest absolute Gasteiger partial charge is 0.396 e. The number of ketones is 1. The average molecular weight is 335 g/mol. The van der Waals surface area contributed by atoms with Crippen LogP contribution in [0.15, 0.2) is 26.8 Å². The van der Waals surface area contributed by atoms with Gasteiger partial charge in [0.15, 0.2) is 11.3 Å². The van der Waals surface area contributed by atoms with Crippen LogP contribution in [0.3, 0.4) is 0 Å². The Balaban J connectivity index is 2.01. The molecule has 3 rings (SSSR count). The number of fused-ring (bicyclic) bond motifs is 1. The molecule has 0 aliphatic heterocycles. The minimum absolute atomic E-state index is 0.0656. The summed E-state index contributed by atoms with van der Waals surface area (Å²) >= 11 is 3.22. The van der Waals surface area contributed by atoms with E-state index < -0.39 is 0 Å². The zero-order valence-corrected chi connectivity index (χ0v) is 12.3. The van der Waals surface area contributed by atoms with Gasteiger partial charge in [-0.1, -0.05) is 11.6 Å². The lowest BCUT2D eigenvalue weighted by Gasteiger charge is -2.13. The van der Waals surface area contributed by atoms with Crippen molar-refractivity contribution in [1.82, 2.24) is 15.3 Å². The van der Waals surface area contributed by atoms with Crippen LogP contribution in [0.5, 0.6) is 0 Å². The second kappa shape index (κ2) is 4.82. The number of halogens is 1. The summed E-state index contributed by atoms with van der Waals surface area (Å²) < 4.78 is 5.25. The molecule has 0 atom stereocenters. The van der Waals surface area contributed by atoms with E-state index in [-0.39, 0.29) is 5.78 Å². The van der Waals surface area contributed by atoms with Gasteiger partial charge in [0.1, 0.15) is 0 Å². The van der Waals surface area contributed by atoms with Gasteiger partial charge in [-0.3, -0.25) is 4.79 Å². The standard InChI is InChI=1S/C13H11BrN4O2/c1-6-8(4-7-2-3-9(14)10(19)5-7)11(15)12-13(16-6)18-20-17-12/h2-3H,4-5,15H2,1H3. The van der Waals surface area contributed by atoms with E-state index in [9.17, 15) is 4.79 Å². The number of nitrogens with two attached hydrogens (primary N) is 1. The van der Waals surface area contributed by atoms with Crippen LogP contribution in [0, 0.1) is 6.92 Å². The fraction of sp³-hybridized carbons (Fsp3) is 0.231. The number of carbonyl (C=O) groups is 1. The molecule has 1 aliphatic rings. The molecule has 0 bridgehead atoms. The third kappa shape index (κ3) is 2.14. The summed E-state index contributed by atoms with van der Waals surface area (Å²) in [6.45, 7) is 1.86. The molecule has 0 fully saturated rings. The van der Waals surface area contributed by atoms with Crippen LogP contribution in [-0.4, -0.2) is 21.1 Å². The number of carbonyl (C=O) groups excluding carboxylic acids is 1. The molecule has 0 saturated heterocycles. The SMILES string of the molecule is Cc1nc2nonc2c(N)c1CC1=CC=C(Br)C(=O)C1. The Hall–Kier alpha value is -2.02. The minimum Gasteiger partial charge on any atom is -0.396 e. The molecule has 102 valence electrons. The van der Waals surface area contributed by atoms with Gasteiger partial charge in [-0.25, -0.2) is 9.61 Å². The molecule has 2 aromatic heterocycles. The summed E-state index contributed by atoms with van der Waals surface area (Å²) in [6, 6.07) is 0. The Kier molecular flexibility index (Phi) is 3.13. The van der Waals surface area contributed by atoms with E-state index in [2.05, 4.69) is 35.9 Å². The van der Waals surface area contributed by atoms with Crippen molar-refractivity contribution in [3.63, 3.8) is 0 Å². The summed E-state index contributed by atoms with van der Waals surface area (Å²) in [5, 5.41) is 7.45. The predicted octanol–water partition coefficient (Wildman–Crippen LogP) is 2.23. The van der Waals surface area contributed by atoms with Gasteiger partial charge in [-0.2, -0.15) is 0 Å². The Morgan fingerprint density at radius 1 is 1.40 bits per heavy atom. The molecule has 7 heteroatoms. The summed E-state index contributed by atoms with van der Waals surface area (Å²) in [6.07, 6.45) is 4.63. The zero-order chi connectivity index (χ0) is 14.3. The fourth-order valence-corrected chi connectivity index (χ4v) is 2.47. The van der Waals surface area contributed by atoms with E-state index in [1.54, 1.807) is 6.08 Å². The van der Waals surface area contributed by atoms with Crippen molar-refractivity contribution < 1.29 is 9.42 Å². The highest BCUT2D eigenvalue weighted by Crippen LogP contribution is 2.28. The molecule has 0 amide bonds. The molecule has 2 heterocycles. The Labute approximate surface area is 122 Å². The van der Waals surface area contributed by atoms with Crippen LogP contribution >= 0.6 is 15.9 Å². The number of Topliss-reactive ketones (excluding diaryl/α,β-unsaturated/α-hetero) is 1. The van der Waals surface area contributed by atoms with Gasteiger partial charge in [0.05, 0.1) is 10.2 Å². The molecule has 20 heavy (non-hydrogen) atoms. The molecule has 0 aromatic carbocycles. The topological polar surface area (TPSA) is 94.9 Å². The Morgan fingerprint density at radius 3 is 2.95 bits per heavy atom. The lowest BCUT2D eigenvalue weighted by Crippen LogP contribution is -2.08. The molecule has 0 spiro atoms. The van der Waals surface area contributed by atoms with Crippen molar-refractivity contribution in [3.05, 3.63) is 33.5 Å². The van der Waals surface area contributed by atoms with E-state index >= 15 is 0 Å². The van der Waals surface area contributed by atoms with E-state index in [4.69, 9.17) is 5.73 Å². The predicted molar refractivity (Wildman–Crippen MR) is 77.2 cm³/mol. The number of rotatable bonds is 2. The van der Waals surface area contributed by atoms with Gasteiger partial charge < -0.3 is 5.73 Å². The maximum absolute atomic E-state index is 11.7. The van der Waals surface area contributed by atoms with Crippen molar-refractivity contribution in [1.29, 1.82) is 0 Å². The van der Waals surface area contributed by atoms with Crippen LogP contribution < -0.4 is 5.73 Å². The molecule has 0 saturated carbocycles. The molecule has 0 unspecified atom stereocenters. The number of nitrogen functional groups attached to an aromatic ring is 1. The van der Waals surface area contributed by atoms with Crippen molar-refractivity contribution in [3.8, 4) is 0 Å². The van der Waals surface area contributed by atoms with Crippen molar-refractivity contribution in [2.45, 2.75) is 19.8 Å². The number of nitrogens with zero attached hydrogens (tertiary/aromatic N) is 3. The van der Waals surface area contributed by atoms with Crippen LogP contribution in [0.2, 0.25) is 0 Å². The Bertz CT molecular complexity index is 776. The normalized spacial score (nSPS) is 15.4. The van der Waals surface area contributed by atoms with Crippen LogP contribution in [-0.2, 0) is 11.2 Å². The van der Waals surface area contributed by atoms with E-state index in [1.807, 2.05) is 13.0 Å². The summed E-state index contributed by atoms with van der Waals surface area (Å²) in [7, 11) is 0. The molecule has 0 radical (unpaired) electrons. The number of aromatic nitrogens is 3. The van der Waals surface area contributed by atoms with Gasteiger partial charge in [0.25, 0.3) is 0 Å². The third-order valence-corrected chi connectivity index (χ3v) is 3.99. The summed E-state index contributed by atoms with van der Waals surface area (Å²) in [5.41, 5.74) is 10.1. The zero-order valence-electron chi connectivity index (χ0n) is 10.7. The van der Waals surface area contributed by atoms with Crippen LogP contribution in [0.25, 0.3) is 11.2 Å². The second-order valence-corrected chi connectivity index (χ2v) is 5.50. The van der Waals surface area contributed by atoms with Gasteiger partial charge in [0.2, 0.25) is 5.65 Å². The maximum atomic E-state index is 11.7. The summed E-state index contributed by atoms with van der Waals surface area (Å²) in [4.78, 5) is 16.0. The number of hydrogen-bond acceptors (Lipinski definition) is 6. The molecular weight excluding hydrogens is 324 g/mol. The molecule has 2 aromatic rings.